The van der Waals surface area contributed by atoms with Gasteiger partial charge in [0.25, 0.3) is 0 Å². The molecule has 2 N–H and O–H groups in total. The SMILES string of the molecule is O=C1CCC(=O)Nc2ccccc2N1. The predicted octanol–water partition coefficient (Wildman–Crippen LogP) is 1.36. The number of rotatable bonds is 0. The maximum atomic E-state index is 11.3. The average molecular weight is 190 g/mol. The molecular weight excluding hydrogens is 180 g/mol. The maximum Gasteiger partial charge on any atom is 0.224 e. The highest BCUT2D eigenvalue weighted by Crippen LogP contribution is 2.22. The molecule has 0 fully saturated rings. The lowest BCUT2D eigenvalue weighted by molar-refractivity contribution is -0.121. The van der Waals surface area contributed by atoms with Crippen LogP contribution in [0.15, 0.2) is 24.3 Å². The van der Waals surface area contributed by atoms with Crippen LogP contribution < -0.4 is 10.6 Å². The van der Waals surface area contributed by atoms with Gasteiger partial charge in [0.05, 0.1) is 11.4 Å². The standard InChI is InChI=1S/C10H10N2O2/c13-9-5-6-10(14)12-8-4-2-1-3-7(8)11-9/h1-4H,5-6H2,(H,11,13)(H,12,14). The summed E-state index contributed by atoms with van der Waals surface area (Å²) in [5.41, 5.74) is 1.32. The second kappa shape index (κ2) is 3.49. The summed E-state index contributed by atoms with van der Waals surface area (Å²) in [6.07, 6.45) is 0.473. The molecule has 0 radical (unpaired) electrons. The maximum absolute atomic E-state index is 11.3. The molecule has 1 aromatic rings. The Kier molecular flexibility index (Phi) is 2.18. The molecule has 0 spiro atoms. The molecule has 0 unspecified atom stereocenters. The van der Waals surface area contributed by atoms with Gasteiger partial charge in [-0.3, -0.25) is 9.59 Å². The molecule has 1 aliphatic rings. The Morgan fingerprint density at radius 2 is 1.29 bits per heavy atom. The van der Waals surface area contributed by atoms with Crippen LogP contribution in [-0.2, 0) is 9.59 Å². The molecule has 4 heteroatoms. The number of hydrogen-bond donors (Lipinski definition) is 2. The molecule has 0 aliphatic carbocycles. The number of nitrogens with one attached hydrogen (secondary N) is 2. The average Bonchev–Trinajstić information content (AvgIpc) is 2.16. The van der Waals surface area contributed by atoms with Crippen LogP contribution in [0.25, 0.3) is 0 Å². The van der Waals surface area contributed by atoms with E-state index >= 15 is 0 Å². The third kappa shape index (κ3) is 1.74. The largest absolute Gasteiger partial charge is 0.324 e. The molecule has 4 nitrogen and oxygen atoms in total. The zero-order valence-electron chi connectivity index (χ0n) is 7.54. The molecule has 0 aromatic heterocycles. The Bertz CT molecular complexity index is 350. The number of para-hydroxylation sites is 2. The van der Waals surface area contributed by atoms with Gasteiger partial charge < -0.3 is 10.6 Å². The Balaban J connectivity index is 2.37. The number of amides is 2. The van der Waals surface area contributed by atoms with Crippen LogP contribution in [-0.4, -0.2) is 11.8 Å². The molecule has 1 aromatic carbocycles. The first-order chi connectivity index (χ1) is 6.75. The van der Waals surface area contributed by atoms with Crippen LogP contribution in [0.3, 0.4) is 0 Å². The van der Waals surface area contributed by atoms with Crippen molar-refractivity contribution < 1.29 is 9.59 Å². The van der Waals surface area contributed by atoms with Gasteiger partial charge in [-0.25, -0.2) is 0 Å². The van der Waals surface area contributed by atoms with Gasteiger partial charge in [-0.15, -0.1) is 0 Å². The van der Waals surface area contributed by atoms with Crippen molar-refractivity contribution in [3.05, 3.63) is 24.3 Å². The number of fused-ring (bicyclic) bond motifs is 1. The molecule has 1 heterocycles. The lowest BCUT2D eigenvalue weighted by atomic mass is 10.2. The van der Waals surface area contributed by atoms with E-state index < -0.39 is 0 Å². The first-order valence-electron chi connectivity index (χ1n) is 4.44. The molecule has 0 bridgehead atoms. The molecule has 14 heavy (non-hydrogen) atoms. The van der Waals surface area contributed by atoms with Gasteiger partial charge in [0.2, 0.25) is 11.8 Å². The number of carbonyl (C=O) groups excluding carboxylic acids is 2. The first kappa shape index (κ1) is 8.74. The van der Waals surface area contributed by atoms with Gasteiger partial charge in [-0.05, 0) is 12.1 Å². The summed E-state index contributed by atoms with van der Waals surface area (Å²) >= 11 is 0. The van der Waals surface area contributed by atoms with Gasteiger partial charge in [-0.1, -0.05) is 12.1 Å². The highest BCUT2D eigenvalue weighted by Gasteiger charge is 2.14. The normalized spacial score (nSPS) is 16.0. The zero-order valence-corrected chi connectivity index (χ0v) is 7.54. The van der Waals surface area contributed by atoms with Gasteiger partial charge in [0.15, 0.2) is 0 Å². The van der Waals surface area contributed by atoms with Crippen LogP contribution in [0.5, 0.6) is 0 Å². The van der Waals surface area contributed by atoms with Gasteiger partial charge in [0.1, 0.15) is 0 Å². The van der Waals surface area contributed by atoms with Crippen molar-refractivity contribution in [2.45, 2.75) is 12.8 Å². The van der Waals surface area contributed by atoms with Crippen LogP contribution in [0.1, 0.15) is 12.8 Å². The van der Waals surface area contributed by atoms with Gasteiger partial charge in [-0.2, -0.15) is 0 Å². The number of benzene rings is 1. The third-order valence-corrected chi connectivity index (χ3v) is 2.05. The van der Waals surface area contributed by atoms with Crippen molar-refractivity contribution in [2.24, 2.45) is 0 Å². The summed E-state index contributed by atoms with van der Waals surface area (Å²) in [5.74, 6) is -0.236. The fourth-order valence-corrected chi connectivity index (χ4v) is 1.35. The van der Waals surface area contributed by atoms with E-state index in [1.165, 1.54) is 0 Å². The highest BCUT2D eigenvalue weighted by atomic mass is 16.2. The van der Waals surface area contributed by atoms with Gasteiger partial charge in [0, 0.05) is 12.8 Å². The van der Waals surface area contributed by atoms with E-state index in [2.05, 4.69) is 10.6 Å². The van der Waals surface area contributed by atoms with Crippen molar-refractivity contribution in [2.75, 3.05) is 10.6 Å². The fourth-order valence-electron chi connectivity index (χ4n) is 1.35. The molecule has 2 rings (SSSR count). The van der Waals surface area contributed by atoms with E-state index in [1.807, 2.05) is 12.1 Å². The number of anilines is 2. The molecule has 0 saturated carbocycles. The number of carbonyl (C=O) groups is 2. The van der Waals surface area contributed by atoms with Crippen molar-refractivity contribution in [1.29, 1.82) is 0 Å². The highest BCUT2D eigenvalue weighted by molar-refractivity contribution is 6.03. The van der Waals surface area contributed by atoms with E-state index in [9.17, 15) is 9.59 Å². The Morgan fingerprint density at radius 3 is 1.71 bits per heavy atom. The Hall–Kier alpha value is -1.84. The van der Waals surface area contributed by atoms with Gasteiger partial charge >= 0.3 is 0 Å². The quantitative estimate of drug-likeness (QED) is 0.648. The summed E-state index contributed by atoms with van der Waals surface area (Å²) in [7, 11) is 0. The molecule has 1 aliphatic heterocycles. The van der Waals surface area contributed by atoms with E-state index in [1.54, 1.807) is 12.1 Å². The summed E-state index contributed by atoms with van der Waals surface area (Å²) in [6, 6.07) is 7.15. The van der Waals surface area contributed by atoms with Crippen LogP contribution in [0.2, 0.25) is 0 Å². The topological polar surface area (TPSA) is 58.2 Å². The van der Waals surface area contributed by atoms with E-state index in [4.69, 9.17) is 0 Å². The molecular formula is C10H10N2O2. The lowest BCUT2D eigenvalue weighted by Gasteiger charge is -2.15. The van der Waals surface area contributed by atoms with Crippen LogP contribution in [0, 0.1) is 0 Å². The van der Waals surface area contributed by atoms with Crippen LogP contribution in [0.4, 0.5) is 11.4 Å². The van der Waals surface area contributed by atoms with Crippen LogP contribution >= 0.6 is 0 Å². The molecule has 2 amide bonds. The van der Waals surface area contributed by atoms with Crippen molar-refractivity contribution >= 4 is 23.2 Å². The van der Waals surface area contributed by atoms with Crippen molar-refractivity contribution in [3.8, 4) is 0 Å². The number of hydrogen-bond acceptors (Lipinski definition) is 2. The zero-order chi connectivity index (χ0) is 9.97. The monoisotopic (exact) mass is 190 g/mol. The molecule has 72 valence electrons. The van der Waals surface area contributed by atoms with E-state index in [0.717, 1.165) is 0 Å². The second-order valence-corrected chi connectivity index (χ2v) is 3.14. The summed E-state index contributed by atoms with van der Waals surface area (Å²) < 4.78 is 0. The summed E-state index contributed by atoms with van der Waals surface area (Å²) in [4.78, 5) is 22.5. The Morgan fingerprint density at radius 1 is 0.857 bits per heavy atom. The second-order valence-electron chi connectivity index (χ2n) is 3.14. The smallest absolute Gasteiger partial charge is 0.224 e. The minimum atomic E-state index is -0.118. The third-order valence-electron chi connectivity index (χ3n) is 2.05. The van der Waals surface area contributed by atoms with Crippen molar-refractivity contribution in [1.82, 2.24) is 0 Å². The minimum absolute atomic E-state index is 0.118. The molecule has 0 saturated heterocycles. The fraction of sp³-hybridized carbons (Fsp3) is 0.200. The van der Waals surface area contributed by atoms with E-state index in [0.29, 0.717) is 11.4 Å². The molecule has 0 atom stereocenters. The summed E-state index contributed by atoms with van der Waals surface area (Å²) in [6.45, 7) is 0. The lowest BCUT2D eigenvalue weighted by Crippen LogP contribution is -2.22. The Labute approximate surface area is 81.3 Å². The predicted molar refractivity (Wildman–Crippen MR) is 52.9 cm³/mol. The minimum Gasteiger partial charge on any atom is -0.324 e. The summed E-state index contributed by atoms with van der Waals surface area (Å²) in [5, 5.41) is 5.46. The first-order valence-corrected chi connectivity index (χ1v) is 4.44. The van der Waals surface area contributed by atoms with E-state index in [-0.39, 0.29) is 24.7 Å². The van der Waals surface area contributed by atoms with Crippen molar-refractivity contribution in [3.63, 3.8) is 0 Å².